The van der Waals surface area contributed by atoms with Crippen LogP contribution in [0.2, 0.25) is 0 Å². The maximum atomic E-state index is 12.4. The number of anilines is 1. The number of benzene rings is 1. The summed E-state index contributed by atoms with van der Waals surface area (Å²) in [5.41, 5.74) is -0.822. The monoisotopic (exact) mass is 265 g/mol. The van der Waals surface area contributed by atoms with Crippen LogP contribution in [0, 0.1) is 5.92 Å². The van der Waals surface area contributed by atoms with Crippen LogP contribution in [-0.4, -0.2) is 5.91 Å². The first kappa shape index (κ1) is 13.8. The lowest BCUT2D eigenvalue weighted by Crippen LogP contribution is -2.25. The number of carbonyl (C=O) groups excluding carboxylic acids is 1. The van der Waals surface area contributed by atoms with Crippen LogP contribution in [0.5, 0.6) is 0 Å². The summed E-state index contributed by atoms with van der Waals surface area (Å²) in [5, 5.41) is 0. The highest BCUT2D eigenvalue weighted by Gasteiger charge is 2.31. The first-order valence-electron chi connectivity index (χ1n) is 4.90. The van der Waals surface area contributed by atoms with Crippen molar-refractivity contribution >= 4 is 23.4 Å². The van der Waals surface area contributed by atoms with Crippen LogP contribution in [0.15, 0.2) is 24.3 Å². The fourth-order valence-corrected chi connectivity index (χ4v) is 1.46. The Morgan fingerprint density at radius 3 is 2.41 bits per heavy atom. The lowest BCUT2D eigenvalue weighted by Gasteiger charge is -2.17. The highest BCUT2D eigenvalue weighted by atomic mass is 35.5. The van der Waals surface area contributed by atoms with Crippen molar-refractivity contribution in [2.45, 2.75) is 20.0 Å². The molecule has 94 valence electrons. The van der Waals surface area contributed by atoms with Gasteiger partial charge in [0.15, 0.2) is 0 Å². The Labute approximate surface area is 102 Å². The highest BCUT2D eigenvalue weighted by molar-refractivity contribution is 6.36. The molecule has 1 rings (SSSR count). The van der Waals surface area contributed by atoms with E-state index in [1.807, 2.05) is 0 Å². The number of amides is 1. The van der Waals surface area contributed by atoms with Crippen LogP contribution >= 0.6 is 11.8 Å². The van der Waals surface area contributed by atoms with Crippen LogP contribution in [0.4, 0.5) is 18.9 Å². The van der Waals surface area contributed by atoms with Gasteiger partial charge in [0.2, 0.25) is 5.91 Å². The van der Waals surface area contributed by atoms with Crippen molar-refractivity contribution in [2.24, 2.45) is 5.92 Å². The molecule has 6 heteroatoms. The second kappa shape index (κ2) is 4.96. The minimum Gasteiger partial charge on any atom is -0.273 e. The van der Waals surface area contributed by atoms with Gasteiger partial charge in [0.25, 0.3) is 0 Å². The quantitative estimate of drug-likeness (QED) is 0.744. The molecule has 0 aliphatic heterocycles. The molecule has 0 atom stereocenters. The number of hydrogen-bond acceptors (Lipinski definition) is 1. The lowest BCUT2D eigenvalue weighted by atomic mass is 10.1. The molecule has 0 fully saturated rings. The van der Waals surface area contributed by atoms with Gasteiger partial charge in [-0.25, -0.2) is 4.42 Å². The fourth-order valence-electron chi connectivity index (χ4n) is 1.16. The molecule has 0 saturated carbocycles. The summed E-state index contributed by atoms with van der Waals surface area (Å²) in [6.07, 6.45) is -4.45. The Kier molecular flexibility index (Phi) is 4.03. The Morgan fingerprint density at radius 2 is 1.94 bits per heavy atom. The molecule has 1 amide bonds. The van der Waals surface area contributed by atoms with Gasteiger partial charge in [-0.1, -0.05) is 19.9 Å². The number of alkyl halides is 3. The third-order valence-electron chi connectivity index (χ3n) is 2.09. The number of hydrogen-bond donors (Lipinski definition) is 0. The van der Waals surface area contributed by atoms with Crippen molar-refractivity contribution in [2.75, 3.05) is 4.42 Å². The molecule has 0 aliphatic carbocycles. The van der Waals surface area contributed by atoms with Crippen molar-refractivity contribution in [1.82, 2.24) is 0 Å². The predicted octanol–water partition coefficient (Wildman–Crippen LogP) is 3.85. The maximum absolute atomic E-state index is 12.4. The first-order valence-corrected chi connectivity index (χ1v) is 5.24. The van der Waals surface area contributed by atoms with E-state index >= 15 is 0 Å². The van der Waals surface area contributed by atoms with Crippen LogP contribution in [0.1, 0.15) is 19.4 Å². The molecular formula is C11H11ClF3NO. The summed E-state index contributed by atoms with van der Waals surface area (Å²) in [6.45, 7) is 3.23. The van der Waals surface area contributed by atoms with Gasteiger partial charge in [0.05, 0.1) is 11.3 Å². The smallest absolute Gasteiger partial charge is 0.273 e. The lowest BCUT2D eigenvalue weighted by molar-refractivity contribution is -0.137. The van der Waals surface area contributed by atoms with Crippen molar-refractivity contribution in [3.8, 4) is 0 Å². The molecule has 0 unspecified atom stereocenters. The summed E-state index contributed by atoms with van der Waals surface area (Å²) in [6, 6.07) is 4.32. The van der Waals surface area contributed by atoms with Gasteiger partial charge in [-0.05, 0) is 18.2 Å². The molecular weight excluding hydrogens is 255 g/mol. The molecule has 0 aliphatic rings. The normalized spacial score (nSPS) is 11.7. The van der Waals surface area contributed by atoms with Crippen molar-refractivity contribution < 1.29 is 18.0 Å². The third-order valence-corrected chi connectivity index (χ3v) is 2.45. The second-order valence-corrected chi connectivity index (χ2v) is 4.16. The van der Waals surface area contributed by atoms with Gasteiger partial charge in [0, 0.05) is 17.7 Å². The third kappa shape index (κ3) is 3.36. The van der Waals surface area contributed by atoms with Gasteiger partial charge in [-0.15, -0.1) is 0 Å². The Morgan fingerprint density at radius 1 is 1.35 bits per heavy atom. The van der Waals surface area contributed by atoms with Gasteiger partial charge < -0.3 is 0 Å². The van der Waals surface area contributed by atoms with Crippen molar-refractivity contribution in [1.29, 1.82) is 0 Å². The van der Waals surface area contributed by atoms with E-state index in [1.165, 1.54) is 12.1 Å². The molecule has 2 nitrogen and oxygen atoms in total. The van der Waals surface area contributed by atoms with Crippen molar-refractivity contribution in [3.05, 3.63) is 29.8 Å². The summed E-state index contributed by atoms with van der Waals surface area (Å²) < 4.78 is 38.0. The average molecular weight is 266 g/mol. The standard InChI is InChI=1S/C11H11ClF3NO/c1-7(2)10(17)16(12)9-5-3-4-8(6-9)11(13,14)15/h3-7H,1-2H3. The average Bonchev–Trinajstić information content (AvgIpc) is 2.26. The van der Waals surface area contributed by atoms with E-state index in [1.54, 1.807) is 13.8 Å². The topological polar surface area (TPSA) is 20.3 Å². The number of nitrogens with zero attached hydrogens (tertiary/aromatic N) is 1. The van der Waals surface area contributed by atoms with Crippen LogP contribution in [0.25, 0.3) is 0 Å². The fraction of sp³-hybridized carbons (Fsp3) is 0.364. The molecule has 0 radical (unpaired) electrons. The minimum atomic E-state index is -4.45. The van der Waals surface area contributed by atoms with Gasteiger partial charge in [-0.2, -0.15) is 13.2 Å². The summed E-state index contributed by atoms with van der Waals surface area (Å²) in [7, 11) is 0. The largest absolute Gasteiger partial charge is 0.416 e. The molecule has 0 N–H and O–H groups in total. The van der Waals surface area contributed by atoms with Crippen LogP contribution in [0.3, 0.4) is 0 Å². The van der Waals surface area contributed by atoms with E-state index in [0.29, 0.717) is 4.42 Å². The van der Waals surface area contributed by atoms with Gasteiger partial charge >= 0.3 is 6.18 Å². The molecule has 0 aromatic heterocycles. The number of carbonyl (C=O) groups is 1. The maximum Gasteiger partial charge on any atom is 0.416 e. The highest BCUT2D eigenvalue weighted by Crippen LogP contribution is 2.32. The SMILES string of the molecule is CC(C)C(=O)N(Cl)c1cccc(C(F)(F)F)c1. The minimum absolute atomic E-state index is 0.0141. The summed E-state index contributed by atoms with van der Waals surface area (Å²) in [5.74, 6) is -0.840. The predicted molar refractivity (Wildman–Crippen MR) is 59.6 cm³/mol. The zero-order valence-corrected chi connectivity index (χ0v) is 10.0. The Hall–Kier alpha value is -1.23. The summed E-state index contributed by atoms with van der Waals surface area (Å²) >= 11 is 5.69. The van der Waals surface area contributed by atoms with Gasteiger partial charge in [0.1, 0.15) is 0 Å². The van der Waals surface area contributed by atoms with Crippen LogP contribution < -0.4 is 4.42 Å². The molecule has 17 heavy (non-hydrogen) atoms. The zero-order valence-electron chi connectivity index (χ0n) is 9.25. The second-order valence-electron chi connectivity index (χ2n) is 3.82. The van der Waals surface area contributed by atoms with E-state index in [0.717, 1.165) is 12.1 Å². The Bertz CT molecular complexity index is 417. The molecule has 0 heterocycles. The van der Waals surface area contributed by atoms with E-state index < -0.39 is 17.6 Å². The van der Waals surface area contributed by atoms with E-state index in [9.17, 15) is 18.0 Å². The zero-order chi connectivity index (χ0) is 13.2. The molecule has 0 bridgehead atoms. The Balaban J connectivity index is 3.04. The van der Waals surface area contributed by atoms with Gasteiger partial charge in [-0.3, -0.25) is 4.79 Å². The number of rotatable bonds is 2. The van der Waals surface area contributed by atoms with Crippen molar-refractivity contribution in [3.63, 3.8) is 0 Å². The number of halogens is 4. The molecule has 0 saturated heterocycles. The molecule has 1 aromatic rings. The van der Waals surface area contributed by atoms with E-state index in [4.69, 9.17) is 11.8 Å². The van der Waals surface area contributed by atoms with E-state index in [2.05, 4.69) is 0 Å². The molecule has 1 aromatic carbocycles. The molecule has 0 spiro atoms. The summed E-state index contributed by atoms with van der Waals surface area (Å²) in [4.78, 5) is 11.5. The first-order chi connectivity index (χ1) is 7.73. The van der Waals surface area contributed by atoms with Crippen LogP contribution in [-0.2, 0) is 11.0 Å². The van der Waals surface area contributed by atoms with E-state index in [-0.39, 0.29) is 11.6 Å².